The van der Waals surface area contributed by atoms with Crippen LogP contribution in [-0.2, 0) is 13.7 Å². The first-order chi connectivity index (χ1) is 15.7. The normalized spacial score (nSPS) is 14.9. The van der Waals surface area contributed by atoms with Gasteiger partial charge < -0.3 is 4.74 Å². The lowest BCUT2D eigenvalue weighted by molar-refractivity contribution is -0.382. The Labute approximate surface area is 197 Å². The Morgan fingerprint density at radius 2 is 1.40 bits per heavy atom. The van der Waals surface area contributed by atoms with E-state index in [2.05, 4.69) is 3.63 Å². The van der Waals surface area contributed by atoms with E-state index >= 15 is 0 Å². The fourth-order valence-electron chi connectivity index (χ4n) is 2.99. The zero-order valence-electron chi connectivity index (χ0n) is 18.4. The minimum atomic E-state index is -7.38. The summed E-state index contributed by atoms with van der Waals surface area (Å²) in [5, 5.41) is -6.29. The first-order valence-electron chi connectivity index (χ1n) is 9.78. The smallest absolute Gasteiger partial charge is 0.460 e. The van der Waals surface area contributed by atoms with Crippen molar-refractivity contribution in [3.8, 4) is 5.75 Å². The predicted octanol–water partition coefficient (Wildman–Crippen LogP) is 7.13. The van der Waals surface area contributed by atoms with Gasteiger partial charge in [-0.15, -0.1) is 0 Å². The number of hydrogen-bond acceptors (Lipinski definition) is 4. The summed E-state index contributed by atoms with van der Waals surface area (Å²) >= 11 is 0. The molecule has 0 N–H and O–H groups in total. The second-order valence-corrected chi connectivity index (χ2v) is 12.6. The molecular formula is C20H21F9O4S2. The highest BCUT2D eigenvalue weighted by molar-refractivity contribution is 8.32. The molecule has 0 radical (unpaired) electrons. The van der Waals surface area contributed by atoms with Crippen LogP contribution in [0.15, 0.2) is 41.3 Å². The first kappa shape index (κ1) is 29.4. The lowest BCUT2D eigenvalue weighted by atomic mass is 10.1. The molecule has 0 fully saturated rings. The summed E-state index contributed by atoms with van der Waals surface area (Å²) in [4.78, 5) is -0.142. The molecule has 4 nitrogen and oxygen atoms in total. The van der Waals surface area contributed by atoms with Crippen LogP contribution < -0.4 is 4.74 Å². The Bertz CT molecular complexity index is 1160. The fourth-order valence-corrected chi connectivity index (χ4v) is 7.16. The molecule has 0 unspecified atom stereocenters. The molecule has 0 saturated heterocycles. The van der Waals surface area contributed by atoms with Gasteiger partial charge in [0.05, 0.1) is 11.5 Å². The van der Waals surface area contributed by atoms with E-state index in [-0.39, 0.29) is 22.6 Å². The van der Waals surface area contributed by atoms with Crippen LogP contribution in [0.5, 0.6) is 5.75 Å². The lowest BCUT2D eigenvalue weighted by Gasteiger charge is -2.37. The molecule has 0 bridgehead atoms. The van der Waals surface area contributed by atoms with Gasteiger partial charge >= 0.3 is 33.4 Å². The SMILES string of the molecule is CCCCOc1ccc2ccccc2c1S(C)(C)OS(=O)(=O)C(F)(F)C(F)(F)C(F)(F)C(F)(F)F. The number of rotatable bonds is 10. The number of ether oxygens (including phenoxy) is 1. The van der Waals surface area contributed by atoms with Crippen molar-refractivity contribution in [1.29, 1.82) is 0 Å². The topological polar surface area (TPSA) is 52.6 Å². The summed E-state index contributed by atoms with van der Waals surface area (Å²) in [6, 6.07) is 8.92. The largest absolute Gasteiger partial charge is 0.492 e. The molecular weight excluding hydrogens is 539 g/mol. The van der Waals surface area contributed by atoms with Crippen molar-refractivity contribution in [2.45, 2.75) is 47.9 Å². The summed E-state index contributed by atoms with van der Waals surface area (Å²) in [6.45, 7) is 1.92. The maximum absolute atomic E-state index is 14.3. The van der Waals surface area contributed by atoms with E-state index < -0.39 is 43.7 Å². The van der Waals surface area contributed by atoms with Crippen LogP contribution in [0, 0.1) is 0 Å². The Morgan fingerprint density at radius 1 is 0.829 bits per heavy atom. The van der Waals surface area contributed by atoms with Gasteiger partial charge in [-0.1, -0.05) is 54.0 Å². The second kappa shape index (κ2) is 9.54. The van der Waals surface area contributed by atoms with Crippen LogP contribution in [0.1, 0.15) is 19.8 Å². The molecule has 0 aliphatic heterocycles. The van der Waals surface area contributed by atoms with Crippen LogP contribution in [0.25, 0.3) is 10.8 Å². The molecule has 0 aromatic heterocycles. The van der Waals surface area contributed by atoms with Crippen LogP contribution in [-0.4, -0.2) is 50.8 Å². The van der Waals surface area contributed by atoms with E-state index in [1.165, 1.54) is 24.3 Å². The molecule has 2 aromatic rings. The highest BCUT2D eigenvalue weighted by Crippen LogP contribution is 2.62. The van der Waals surface area contributed by atoms with Gasteiger partial charge in [0.25, 0.3) is 0 Å². The fraction of sp³-hybridized carbons (Fsp3) is 0.500. The average molecular weight is 561 g/mol. The monoisotopic (exact) mass is 560 g/mol. The summed E-state index contributed by atoms with van der Waals surface area (Å²) in [5.74, 6) is -14.8. The number of halogens is 9. The van der Waals surface area contributed by atoms with E-state index in [9.17, 15) is 47.9 Å². The number of unbranched alkanes of at least 4 members (excludes halogenated alkanes) is 1. The molecule has 200 valence electrons. The molecule has 0 saturated carbocycles. The highest BCUT2D eigenvalue weighted by atomic mass is 32.3. The van der Waals surface area contributed by atoms with Crippen molar-refractivity contribution in [3.05, 3.63) is 36.4 Å². The van der Waals surface area contributed by atoms with E-state index in [0.717, 1.165) is 12.5 Å². The number of benzene rings is 2. The second-order valence-electron chi connectivity index (χ2n) is 7.73. The van der Waals surface area contributed by atoms with E-state index in [1.54, 1.807) is 12.1 Å². The van der Waals surface area contributed by atoms with Crippen LogP contribution in [0.4, 0.5) is 39.5 Å². The van der Waals surface area contributed by atoms with Gasteiger partial charge in [-0.3, -0.25) is 0 Å². The summed E-state index contributed by atoms with van der Waals surface area (Å²) in [6.07, 6.45) is -4.12. The molecule has 35 heavy (non-hydrogen) atoms. The first-order valence-corrected chi connectivity index (χ1v) is 13.6. The number of alkyl halides is 9. The summed E-state index contributed by atoms with van der Waals surface area (Å²) in [7, 11) is -10.6. The summed E-state index contributed by atoms with van der Waals surface area (Å²) < 4.78 is 154. The van der Waals surface area contributed by atoms with Gasteiger partial charge in [0.15, 0.2) is 0 Å². The van der Waals surface area contributed by atoms with Gasteiger partial charge in [-0.05, 0) is 35.8 Å². The third kappa shape index (κ3) is 5.17. The zero-order chi connectivity index (χ0) is 27.1. The van der Waals surface area contributed by atoms with Crippen molar-refractivity contribution in [2.24, 2.45) is 0 Å². The van der Waals surface area contributed by atoms with E-state index in [0.29, 0.717) is 18.2 Å². The van der Waals surface area contributed by atoms with Gasteiger partial charge in [0.2, 0.25) is 0 Å². The Kier molecular flexibility index (Phi) is 8.00. The minimum absolute atomic E-state index is 0.0527. The zero-order valence-corrected chi connectivity index (χ0v) is 20.1. The van der Waals surface area contributed by atoms with Crippen LogP contribution in [0.2, 0.25) is 0 Å². The third-order valence-electron chi connectivity index (χ3n) is 4.78. The Morgan fingerprint density at radius 3 is 1.94 bits per heavy atom. The molecule has 0 amide bonds. The maximum Gasteiger partial charge on any atom is 0.460 e. The Hall–Kier alpha value is -1.87. The predicted molar refractivity (Wildman–Crippen MR) is 113 cm³/mol. The maximum atomic E-state index is 14.3. The molecule has 0 aliphatic carbocycles. The van der Waals surface area contributed by atoms with Gasteiger partial charge in [-0.25, -0.2) is 3.63 Å². The number of fused-ring (bicyclic) bond motifs is 1. The molecule has 15 heteroatoms. The van der Waals surface area contributed by atoms with E-state index in [4.69, 9.17) is 4.74 Å². The van der Waals surface area contributed by atoms with E-state index in [1.807, 2.05) is 6.92 Å². The van der Waals surface area contributed by atoms with Gasteiger partial charge in [0, 0.05) is 0 Å². The molecule has 0 aliphatic rings. The molecule has 0 atom stereocenters. The Balaban J connectivity index is 2.63. The lowest BCUT2D eigenvalue weighted by Crippen LogP contribution is -2.63. The van der Waals surface area contributed by atoms with Crippen LogP contribution in [0.3, 0.4) is 0 Å². The van der Waals surface area contributed by atoms with Crippen molar-refractivity contribution in [3.63, 3.8) is 0 Å². The van der Waals surface area contributed by atoms with Gasteiger partial charge in [0.1, 0.15) is 5.75 Å². The molecule has 2 rings (SSSR count). The van der Waals surface area contributed by atoms with Crippen molar-refractivity contribution in [2.75, 3.05) is 19.1 Å². The quantitative estimate of drug-likeness (QED) is 0.229. The number of hydrogen-bond donors (Lipinski definition) is 0. The molecule has 0 spiro atoms. The van der Waals surface area contributed by atoms with Crippen molar-refractivity contribution in [1.82, 2.24) is 0 Å². The minimum Gasteiger partial charge on any atom is -0.492 e. The van der Waals surface area contributed by atoms with Crippen molar-refractivity contribution < 1.29 is 56.3 Å². The standard InChI is InChI=1S/C20H21F9O4S2/c1-4-5-12-32-15-11-10-13-8-6-7-9-14(13)16(15)34(2,3)33-35(30,31)20(28,29)18(23,24)17(21,22)19(25,26)27/h6-11H,4-5,12H2,1-3H3. The van der Waals surface area contributed by atoms with Crippen molar-refractivity contribution >= 4 is 31.2 Å². The average Bonchev–Trinajstić information content (AvgIpc) is 2.71. The summed E-state index contributed by atoms with van der Waals surface area (Å²) in [5.41, 5.74) is 0. The highest BCUT2D eigenvalue weighted by Gasteiger charge is 2.86. The van der Waals surface area contributed by atoms with Crippen LogP contribution >= 0.6 is 10.3 Å². The molecule has 0 heterocycles. The van der Waals surface area contributed by atoms with Gasteiger partial charge in [-0.2, -0.15) is 47.9 Å². The molecule has 2 aromatic carbocycles. The third-order valence-corrected chi connectivity index (χ3v) is 9.15.